The van der Waals surface area contributed by atoms with Crippen molar-refractivity contribution >= 4 is 17.9 Å². The maximum atomic E-state index is 10.2. The Labute approximate surface area is 220 Å². The standard InChI is InChI=1S/C9H12O3.C6H8O7.K.Na/c1-10-7-5-4-6-8(11-2)9(7)12-3;7-3(8)1-6(13,5(11)12)2-4(9)10;;/h4-6H,1-3H3;13H,1-2H2,(H,7,8)(H,9,10)(H,11,12);;/q;;2*+1/p-2. The molecule has 140 valence electrons. The minimum Gasteiger partial charge on any atom is -0.550 e. The van der Waals surface area contributed by atoms with Crippen molar-refractivity contribution < 1.29 is 130 Å². The van der Waals surface area contributed by atoms with E-state index >= 15 is 0 Å². The predicted molar refractivity (Wildman–Crippen MR) is 77.9 cm³/mol. The molecule has 1 unspecified atom stereocenters. The summed E-state index contributed by atoms with van der Waals surface area (Å²) < 4.78 is 15.3. The van der Waals surface area contributed by atoms with Crippen LogP contribution in [-0.4, -0.2) is 55.1 Å². The Bertz CT molecular complexity index is 584. The average molecular weight is 420 g/mol. The maximum absolute atomic E-state index is 10.2. The van der Waals surface area contributed by atoms with E-state index in [1.54, 1.807) is 21.3 Å². The number of carbonyl (C=O) groups is 3. The number of carbonyl (C=O) groups excluding carboxylic acids is 2. The molecule has 0 aromatic heterocycles. The monoisotopic (exact) mass is 420 g/mol. The maximum Gasteiger partial charge on any atom is 1.00 e. The van der Waals surface area contributed by atoms with Crippen molar-refractivity contribution in [1.29, 1.82) is 0 Å². The van der Waals surface area contributed by atoms with Crippen molar-refractivity contribution in [3.8, 4) is 17.2 Å². The summed E-state index contributed by atoms with van der Waals surface area (Å²) in [6, 6.07) is 5.49. The van der Waals surface area contributed by atoms with Crippen molar-refractivity contribution in [1.82, 2.24) is 0 Å². The zero-order valence-electron chi connectivity index (χ0n) is 15.8. The van der Waals surface area contributed by atoms with Crippen LogP contribution in [0.3, 0.4) is 0 Å². The van der Waals surface area contributed by atoms with Gasteiger partial charge in [-0.2, -0.15) is 0 Å². The minimum absolute atomic E-state index is 0. The van der Waals surface area contributed by atoms with Crippen LogP contribution >= 0.6 is 0 Å². The number of aliphatic hydroxyl groups is 1. The van der Waals surface area contributed by atoms with E-state index in [0.29, 0.717) is 17.2 Å². The molecule has 1 aromatic carbocycles. The Morgan fingerprint density at radius 2 is 1.44 bits per heavy atom. The van der Waals surface area contributed by atoms with Crippen molar-refractivity contribution in [2.24, 2.45) is 0 Å². The molecule has 10 nitrogen and oxygen atoms in total. The molecule has 0 aliphatic heterocycles. The second kappa shape index (κ2) is 15.5. The Morgan fingerprint density at radius 1 is 1.00 bits per heavy atom. The summed E-state index contributed by atoms with van der Waals surface area (Å²) in [5.41, 5.74) is -2.91. The Morgan fingerprint density at radius 3 is 1.70 bits per heavy atom. The summed E-state index contributed by atoms with van der Waals surface area (Å²) in [4.78, 5) is 30.2. The van der Waals surface area contributed by atoms with Crippen molar-refractivity contribution in [3.05, 3.63) is 18.2 Å². The van der Waals surface area contributed by atoms with Crippen LogP contribution in [0.1, 0.15) is 12.8 Å². The molecule has 1 atom stereocenters. The van der Waals surface area contributed by atoms with E-state index in [9.17, 15) is 24.6 Å². The second-order valence-corrected chi connectivity index (χ2v) is 4.63. The summed E-state index contributed by atoms with van der Waals surface area (Å²) in [5.74, 6) is -3.68. The van der Waals surface area contributed by atoms with E-state index in [4.69, 9.17) is 24.4 Å². The summed E-state index contributed by atoms with van der Waals surface area (Å²) in [6.07, 6.45) is -2.56. The number of para-hydroxylation sites is 1. The summed E-state index contributed by atoms with van der Waals surface area (Å²) >= 11 is 0. The van der Waals surface area contributed by atoms with Gasteiger partial charge in [-0.15, -0.1) is 0 Å². The van der Waals surface area contributed by atoms with Crippen LogP contribution in [0.5, 0.6) is 17.2 Å². The third-order valence-corrected chi connectivity index (χ3v) is 2.85. The molecule has 1 aromatic rings. The molecule has 0 bridgehead atoms. The van der Waals surface area contributed by atoms with Crippen LogP contribution in [0.25, 0.3) is 0 Å². The largest absolute Gasteiger partial charge is 1.00 e. The van der Waals surface area contributed by atoms with Crippen LogP contribution in [0.2, 0.25) is 0 Å². The first-order valence-corrected chi connectivity index (χ1v) is 6.71. The van der Waals surface area contributed by atoms with Crippen LogP contribution in [-0.2, 0) is 14.4 Å². The number of benzene rings is 1. The van der Waals surface area contributed by atoms with Gasteiger partial charge in [-0.25, -0.2) is 0 Å². The van der Waals surface area contributed by atoms with E-state index in [1.165, 1.54) is 0 Å². The fourth-order valence-electron chi connectivity index (χ4n) is 1.71. The molecule has 0 spiro atoms. The van der Waals surface area contributed by atoms with Crippen molar-refractivity contribution in [2.75, 3.05) is 21.3 Å². The number of carboxylic acid groups (broad SMARTS) is 3. The number of hydrogen-bond donors (Lipinski definition) is 2. The smallest absolute Gasteiger partial charge is 0.550 e. The van der Waals surface area contributed by atoms with Crippen LogP contribution in [0.4, 0.5) is 0 Å². The van der Waals surface area contributed by atoms with Gasteiger partial charge in [0.1, 0.15) is 5.60 Å². The first-order valence-electron chi connectivity index (χ1n) is 6.71. The van der Waals surface area contributed by atoms with Gasteiger partial charge >= 0.3 is 86.9 Å². The summed E-state index contributed by atoms with van der Waals surface area (Å²) in [5, 5.41) is 37.2. The number of rotatable bonds is 8. The number of carboxylic acids is 3. The molecule has 27 heavy (non-hydrogen) atoms. The Kier molecular flexibility index (Phi) is 18.0. The molecule has 2 N–H and O–H groups in total. The van der Waals surface area contributed by atoms with Gasteiger partial charge in [-0.1, -0.05) is 6.07 Å². The van der Waals surface area contributed by atoms with Gasteiger partial charge in [-0.3, -0.25) is 4.79 Å². The quantitative estimate of drug-likeness (QED) is 0.386. The average Bonchev–Trinajstić information content (AvgIpc) is 2.52. The molecular weight excluding hydrogens is 402 g/mol. The third kappa shape index (κ3) is 11.3. The number of hydrogen-bond acceptors (Lipinski definition) is 9. The van der Waals surface area contributed by atoms with E-state index < -0.39 is 36.4 Å². The topological polar surface area (TPSA) is 165 Å². The number of ether oxygens (including phenoxy) is 3. The van der Waals surface area contributed by atoms with E-state index in [0.717, 1.165) is 0 Å². The molecular formula is C15H18KNaO10. The van der Waals surface area contributed by atoms with Crippen molar-refractivity contribution in [3.63, 3.8) is 0 Å². The number of methoxy groups -OCH3 is 3. The molecule has 12 heteroatoms. The van der Waals surface area contributed by atoms with Crippen LogP contribution in [0.15, 0.2) is 18.2 Å². The first-order chi connectivity index (χ1) is 11.6. The molecule has 0 aliphatic rings. The van der Waals surface area contributed by atoms with Crippen LogP contribution < -0.4 is 105 Å². The summed E-state index contributed by atoms with van der Waals surface area (Å²) in [6.45, 7) is 0. The fraction of sp³-hybridized carbons (Fsp3) is 0.400. The molecule has 0 saturated carbocycles. The number of aliphatic carboxylic acids is 3. The normalized spacial score (nSPS) is 11.1. The van der Waals surface area contributed by atoms with Gasteiger partial charge in [0.05, 0.1) is 33.7 Å². The van der Waals surface area contributed by atoms with E-state index in [2.05, 4.69) is 0 Å². The zero-order valence-corrected chi connectivity index (χ0v) is 20.9. The second-order valence-electron chi connectivity index (χ2n) is 4.63. The first kappa shape index (κ1) is 31.3. The third-order valence-electron chi connectivity index (χ3n) is 2.85. The van der Waals surface area contributed by atoms with Crippen molar-refractivity contribution in [2.45, 2.75) is 18.4 Å². The predicted octanol–water partition coefficient (Wildman–Crippen LogP) is -8.20. The van der Waals surface area contributed by atoms with Gasteiger partial charge in [0.2, 0.25) is 5.75 Å². The molecule has 0 radical (unpaired) electrons. The van der Waals surface area contributed by atoms with E-state index in [1.807, 2.05) is 18.2 Å². The Balaban J connectivity index is -0.000000398. The molecule has 0 amide bonds. The molecule has 1 rings (SSSR count). The van der Waals surface area contributed by atoms with Crippen LogP contribution in [0, 0.1) is 0 Å². The Hall–Kier alpha value is -0.374. The van der Waals surface area contributed by atoms with E-state index in [-0.39, 0.29) is 80.9 Å². The minimum atomic E-state index is -2.91. The molecule has 0 fully saturated rings. The summed E-state index contributed by atoms with van der Waals surface area (Å²) in [7, 11) is 4.77. The molecule has 0 saturated heterocycles. The fourth-order valence-corrected chi connectivity index (χ4v) is 1.71. The molecule has 0 heterocycles. The van der Waals surface area contributed by atoms with Gasteiger partial charge in [0.25, 0.3) is 0 Å². The molecule has 0 aliphatic carbocycles. The van der Waals surface area contributed by atoms with Gasteiger partial charge in [-0.05, 0) is 12.1 Å². The van der Waals surface area contributed by atoms with Gasteiger partial charge in [0.15, 0.2) is 11.5 Å². The zero-order chi connectivity index (χ0) is 19.6. The SMILES string of the molecule is COc1cccc(OC)c1OC.O=C([O-])CC(O)(CC(=O)O)C(=O)[O-].[K+].[Na+]. The van der Waals surface area contributed by atoms with Gasteiger partial charge < -0.3 is 44.2 Å². The van der Waals surface area contributed by atoms with Gasteiger partial charge in [0, 0.05) is 12.4 Å².